The number of rotatable bonds is 7. The lowest BCUT2D eigenvalue weighted by atomic mass is 10.0. The summed E-state index contributed by atoms with van der Waals surface area (Å²) in [5.74, 6) is 0. The molecule has 3 atom stereocenters. The van der Waals surface area contributed by atoms with Gasteiger partial charge in [-0.2, -0.15) is 0 Å². The highest BCUT2D eigenvalue weighted by atomic mass is 16.5. The number of nitrogens with zero attached hydrogens (tertiary/aromatic N) is 1. The second-order valence-corrected chi connectivity index (χ2v) is 4.73. The highest BCUT2D eigenvalue weighted by molar-refractivity contribution is 5.18. The number of aliphatic hydroxyl groups excluding tert-OH is 1. The fourth-order valence-corrected chi connectivity index (χ4v) is 2.45. The molecular weight excluding hydrogens is 226 g/mol. The Hall–Kier alpha value is -0.900. The lowest BCUT2D eigenvalue weighted by molar-refractivity contribution is 0.0149. The van der Waals surface area contributed by atoms with Crippen molar-refractivity contribution in [2.24, 2.45) is 0 Å². The molecule has 3 unspecified atom stereocenters. The second kappa shape index (κ2) is 7.52. The van der Waals surface area contributed by atoms with E-state index in [4.69, 9.17) is 4.74 Å². The number of likely N-dealkylation sites (N-methyl/N-ethyl adjacent to an activating group) is 1. The third-order valence-electron chi connectivity index (χ3n) is 3.46. The molecule has 0 aromatic heterocycles. The number of aliphatic hydroxyl groups is 1. The summed E-state index contributed by atoms with van der Waals surface area (Å²) in [7, 11) is 1.71. The van der Waals surface area contributed by atoms with Crippen LogP contribution in [0, 0.1) is 0 Å². The number of hydrogen-bond donors (Lipinski definition) is 1. The molecule has 0 heterocycles. The molecule has 0 bridgehead atoms. The van der Waals surface area contributed by atoms with Crippen LogP contribution in [0.1, 0.15) is 32.4 Å². The zero-order valence-electron chi connectivity index (χ0n) is 11.8. The van der Waals surface area contributed by atoms with Crippen molar-refractivity contribution in [3.8, 4) is 0 Å². The van der Waals surface area contributed by atoms with Crippen molar-refractivity contribution in [1.29, 1.82) is 0 Å². The first-order chi connectivity index (χ1) is 8.61. The zero-order chi connectivity index (χ0) is 13.5. The van der Waals surface area contributed by atoms with Gasteiger partial charge in [0.15, 0.2) is 0 Å². The van der Waals surface area contributed by atoms with Gasteiger partial charge < -0.3 is 9.84 Å². The maximum absolute atomic E-state index is 10.4. The van der Waals surface area contributed by atoms with E-state index in [0.29, 0.717) is 12.6 Å². The molecule has 1 aromatic rings. The van der Waals surface area contributed by atoms with Gasteiger partial charge in [0.2, 0.25) is 0 Å². The predicted molar refractivity (Wildman–Crippen MR) is 74.6 cm³/mol. The summed E-state index contributed by atoms with van der Waals surface area (Å²) in [4.78, 5) is 2.27. The summed E-state index contributed by atoms with van der Waals surface area (Å²) in [6, 6.07) is 10.2. The first kappa shape index (κ1) is 15.2. The minimum atomic E-state index is -0.467. The van der Waals surface area contributed by atoms with Crippen molar-refractivity contribution in [2.45, 2.75) is 39.0 Å². The van der Waals surface area contributed by atoms with E-state index in [2.05, 4.69) is 25.7 Å². The van der Waals surface area contributed by atoms with E-state index in [9.17, 15) is 5.11 Å². The Bertz CT molecular complexity index is 329. The minimum absolute atomic E-state index is 0.0718. The van der Waals surface area contributed by atoms with Crippen molar-refractivity contribution >= 4 is 0 Å². The van der Waals surface area contributed by atoms with Crippen LogP contribution in [0.3, 0.4) is 0 Å². The molecule has 0 spiro atoms. The molecule has 0 saturated carbocycles. The molecule has 1 N–H and O–H groups in total. The average Bonchev–Trinajstić information content (AvgIpc) is 2.40. The lowest BCUT2D eigenvalue weighted by Gasteiger charge is -2.36. The summed E-state index contributed by atoms with van der Waals surface area (Å²) >= 11 is 0. The third kappa shape index (κ3) is 3.80. The Kier molecular flexibility index (Phi) is 6.33. The highest BCUT2D eigenvalue weighted by Gasteiger charge is 2.25. The second-order valence-electron chi connectivity index (χ2n) is 4.73. The molecule has 0 amide bonds. The van der Waals surface area contributed by atoms with Gasteiger partial charge in [-0.05, 0) is 26.0 Å². The summed E-state index contributed by atoms with van der Waals surface area (Å²) in [5.41, 5.74) is 0.966. The average molecular weight is 251 g/mol. The van der Waals surface area contributed by atoms with E-state index in [-0.39, 0.29) is 6.04 Å². The van der Waals surface area contributed by atoms with Crippen molar-refractivity contribution in [3.63, 3.8) is 0 Å². The fraction of sp³-hybridized carbons (Fsp3) is 0.600. The largest absolute Gasteiger partial charge is 0.387 e. The van der Waals surface area contributed by atoms with Gasteiger partial charge in [0.25, 0.3) is 0 Å². The van der Waals surface area contributed by atoms with E-state index >= 15 is 0 Å². The number of hydrogen-bond acceptors (Lipinski definition) is 3. The normalized spacial score (nSPS) is 16.6. The molecule has 0 saturated heterocycles. The Morgan fingerprint density at radius 1 is 1.22 bits per heavy atom. The standard InChI is InChI=1S/C15H25NO2/c1-5-16(12(2)11-18-4)13(3)15(17)14-9-7-6-8-10-14/h6-10,12-13,15,17H,5,11H2,1-4H3. The van der Waals surface area contributed by atoms with Crippen LogP contribution in [0.25, 0.3) is 0 Å². The van der Waals surface area contributed by atoms with Crippen LogP contribution in [0.2, 0.25) is 0 Å². The molecule has 0 radical (unpaired) electrons. The van der Waals surface area contributed by atoms with Crippen LogP contribution in [0.5, 0.6) is 0 Å². The van der Waals surface area contributed by atoms with E-state index in [0.717, 1.165) is 12.1 Å². The van der Waals surface area contributed by atoms with Crippen LogP contribution in [0.15, 0.2) is 30.3 Å². The Labute approximate surface area is 110 Å². The summed E-state index contributed by atoms with van der Waals surface area (Å²) in [6.07, 6.45) is -0.467. The zero-order valence-corrected chi connectivity index (χ0v) is 11.8. The van der Waals surface area contributed by atoms with Crippen LogP contribution in [-0.4, -0.2) is 42.4 Å². The molecule has 1 aromatic carbocycles. The van der Waals surface area contributed by atoms with E-state index in [1.54, 1.807) is 7.11 Å². The fourth-order valence-electron chi connectivity index (χ4n) is 2.45. The molecule has 18 heavy (non-hydrogen) atoms. The molecule has 0 aliphatic rings. The van der Waals surface area contributed by atoms with Crippen molar-refractivity contribution in [1.82, 2.24) is 4.90 Å². The van der Waals surface area contributed by atoms with E-state index in [1.165, 1.54) is 0 Å². The monoisotopic (exact) mass is 251 g/mol. The van der Waals surface area contributed by atoms with Gasteiger partial charge in [-0.1, -0.05) is 37.3 Å². The first-order valence-corrected chi connectivity index (χ1v) is 6.59. The van der Waals surface area contributed by atoms with E-state index < -0.39 is 6.10 Å². The SMILES string of the molecule is CCN(C(C)COC)C(C)C(O)c1ccccc1. The Morgan fingerprint density at radius 3 is 2.33 bits per heavy atom. The summed E-state index contributed by atoms with van der Waals surface area (Å²) in [5, 5.41) is 10.4. The summed E-state index contributed by atoms with van der Waals surface area (Å²) < 4.78 is 5.20. The molecular formula is C15H25NO2. The van der Waals surface area contributed by atoms with E-state index in [1.807, 2.05) is 30.3 Å². The maximum atomic E-state index is 10.4. The van der Waals surface area contributed by atoms with Crippen LogP contribution in [-0.2, 0) is 4.74 Å². The molecule has 0 aliphatic heterocycles. The molecule has 0 fully saturated rings. The van der Waals surface area contributed by atoms with Gasteiger partial charge in [-0.3, -0.25) is 4.90 Å². The number of methoxy groups -OCH3 is 1. The third-order valence-corrected chi connectivity index (χ3v) is 3.46. The highest BCUT2D eigenvalue weighted by Crippen LogP contribution is 2.22. The first-order valence-electron chi connectivity index (χ1n) is 6.59. The molecule has 102 valence electrons. The van der Waals surface area contributed by atoms with Crippen LogP contribution < -0.4 is 0 Å². The van der Waals surface area contributed by atoms with Crippen molar-refractivity contribution < 1.29 is 9.84 Å². The smallest absolute Gasteiger partial charge is 0.0942 e. The molecule has 1 rings (SSSR count). The van der Waals surface area contributed by atoms with Gasteiger partial charge in [0.1, 0.15) is 0 Å². The van der Waals surface area contributed by atoms with Gasteiger partial charge in [-0.25, -0.2) is 0 Å². The summed E-state index contributed by atoms with van der Waals surface area (Å²) in [6.45, 7) is 7.88. The van der Waals surface area contributed by atoms with Crippen LogP contribution >= 0.6 is 0 Å². The van der Waals surface area contributed by atoms with Gasteiger partial charge >= 0.3 is 0 Å². The lowest BCUT2D eigenvalue weighted by Crippen LogP contribution is -2.45. The Morgan fingerprint density at radius 2 is 1.83 bits per heavy atom. The molecule has 3 heteroatoms. The topological polar surface area (TPSA) is 32.7 Å². The number of ether oxygens (including phenoxy) is 1. The van der Waals surface area contributed by atoms with Gasteiger partial charge in [0.05, 0.1) is 12.7 Å². The van der Waals surface area contributed by atoms with Crippen LogP contribution in [0.4, 0.5) is 0 Å². The Balaban J connectivity index is 2.74. The van der Waals surface area contributed by atoms with Gasteiger partial charge in [0, 0.05) is 19.2 Å². The minimum Gasteiger partial charge on any atom is -0.387 e. The van der Waals surface area contributed by atoms with Crippen molar-refractivity contribution in [2.75, 3.05) is 20.3 Å². The van der Waals surface area contributed by atoms with Crippen molar-refractivity contribution in [3.05, 3.63) is 35.9 Å². The predicted octanol–water partition coefficient (Wildman–Crippen LogP) is 2.47. The van der Waals surface area contributed by atoms with Gasteiger partial charge in [-0.15, -0.1) is 0 Å². The maximum Gasteiger partial charge on any atom is 0.0942 e. The number of benzene rings is 1. The molecule has 0 aliphatic carbocycles. The quantitative estimate of drug-likeness (QED) is 0.808. The molecule has 3 nitrogen and oxygen atoms in total.